The Morgan fingerprint density at radius 1 is 1.37 bits per heavy atom. The van der Waals surface area contributed by atoms with Gasteiger partial charge in [0.1, 0.15) is 0 Å². The molecule has 3 atom stereocenters. The van der Waals surface area contributed by atoms with E-state index < -0.39 is 24.1 Å². The fraction of sp³-hybridized carbons (Fsp3) is 0.833. The molecule has 0 heterocycles. The number of ether oxygens (including phenoxy) is 1. The second-order valence-corrected chi connectivity index (χ2v) is 4.45. The van der Waals surface area contributed by atoms with Crippen molar-refractivity contribution in [1.29, 1.82) is 0 Å². The summed E-state index contributed by atoms with van der Waals surface area (Å²) >= 11 is 0. The standard InChI is InChI=1S/C12H24N2O5/c1-5-8(2)14(6-7-19-4)12(18)13-10(9(3)15)11(16)17/h8-10,15H,5-7H2,1-4H3,(H,13,18)(H,16,17). The molecule has 112 valence electrons. The number of hydrogen-bond acceptors (Lipinski definition) is 4. The number of methoxy groups -OCH3 is 1. The maximum atomic E-state index is 12.1. The first-order chi connectivity index (χ1) is 8.84. The molecule has 0 radical (unpaired) electrons. The molecule has 0 saturated carbocycles. The van der Waals surface area contributed by atoms with Gasteiger partial charge in [0.05, 0.1) is 12.7 Å². The number of hydrogen-bond donors (Lipinski definition) is 3. The third kappa shape index (κ3) is 5.89. The first kappa shape index (κ1) is 17.7. The van der Waals surface area contributed by atoms with Crippen LogP contribution in [0.4, 0.5) is 4.79 Å². The van der Waals surface area contributed by atoms with Crippen LogP contribution in [0.15, 0.2) is 0 Å². The number of aliphatic carboxylic acids is 1. The van der Waals surface area contributed by atoms with Gasteiger partial charge in [-0.1, -0.05) is 6.92 Å². The Kier molecular flexibility index (Phi) is 8.09. The summed E-state index contributed by atoms with van der Waals surface area (Å²) in [7, 11) is 1.53. The van der Waals surface area contributed by atoms with Crippen molar-refractivity contribution in [2.75, 3.05) is 20.3 Å². The Bertz CT molecular complexity index is 296. The number of amides is 2. The van der Waals surface area contributed by atoms with Crippen LogP contribution in [0, 0.1) is 0 Å². The second kappa shape index (κ2) is 8.71. The first-order valence-electron chi connectivity index (χ1n) is 6.32. The first-order valence-corrected chi connectivity index (χ1v) is 6.32. The summed E-state index contributed by atoms with van der Waals surface area (Å²) in [4.78, 5) is 24.5. The molecule has 0 aromatic rings. The fourth-order valence-electron chi connectivity index (χ4n) is 1.54. The molecule has 0 aliphatic rings. The molecule has 0 fully saturated rings. The van der Waals surface area contributed by atoms with Crippen LogP contribution in [0.5, 0.6) is 0 Å². The lowest BCUT2D eigenvalue weighted by atomic mass is 10.2. The molecule has 0 aromatic carbocycles. The van der Waals surface area contributed by atoms with Crippen molar-refractivity contribution >= 4 is 12.0 Å². The van der Waals surface area contributed by atoms with E-state index >= 15 is 0 Å². The minimum atomic E-state index is -1.32. The molecule has 19 heavy (non-hydrogen) atoms. The van der Waals surface area contributed by atoms with Crippen molar-refractivity contribution in [3.63, 3.8) is 0 Å². The van der Waals surface area contributed by atoms with E-state index in [2.05, 4.69) is 5.32 Å². The van der Waals surface area contributed by atoms with Gasteiger partial charge in [-0.2, -0.15) is 0 Å². The van der Waals surface area contributed by atoms with Gasteiger partial charge >= 0.3 is 12.0 Å². The fourth-order valence-corrected chi connectivity index (χ4v) is 1.54. The summed E-state index contributed by atoms with van der Waals surface area (Å²) in [6.45, 7) is 5.85. The molecule has 0 spiro atoms. The highest BCUT2D eigenvalue weighted by Gasteiger charge is 2.28. The van der Waals surface area contributed by atoms with Crippen LogP contribution < -0.4 is 5.32 Å². The van der Waals surface area contributed by atoms with Gasteiger partial charge in [0.2, 0.25) is 0 Å². The number of aliphatic hydroxyl groups excluding tert-OH is 1. The highest BCUT2D eigenvalue weighted by atomic mass is 16.5. The van der Waals surface area contributed by atoms with E-state index in [-0.39, 0.29) is 6.04 Å². The van der Waals surface area contributed by atoms with E-state index in [9.17, 15) is 14.7 Å². The largest absolute Gasteiger partial charge is 0.480 e. The highest BCUT2D eigenvalue weighted by molar-refractivity contribution is 5.83. The molecule has 0 aliphatic heterocycles. The van der Waals surface area contributed by atoms with Crippen LogP contribution in [-0.4, -0.2) is 65.6 Å². The Morgan fingerprint density at radius 3 is 2.32 bits per heavy atom. The van der Waals surface area contributed by atoms with Gasteiger partial charge in [0, 0.05) is 19.7 Å². The number of nitrogens with zero attached hydrogens (tertiary/aromatic N) is 1. The molecule has 0 aromatic heterocycles. The molecule has 2 amide bonds. The summed E-state index contributed by atoms with van der Waals surface area (Å²) in [5.41, 5.74) is 0. The molecule has 7 heteroatoms. The Morgan fingerprint density at radius 2 is 1.95 bits per heavy atom. The number of nitrogens with one attached hydrogen (secondary N) is 1. The Hall–Kier alpha value is -1.34. The summed E-state index contributed by atoms with van der Waals surface area (Å²) in [5, 5.41) is 20.6. The van der Waals surface area contributed by atoms with Crippen LogP contribution in [0.2, 0.25) is 0 Å². The molecule has 3 N–H and O–H groups in total. The molecule has 0 saturated heterocycles. The Balaban J connectivity index is 4.74. The monoisotopic (exact) mass is 276 g/mol. The van der Waals surface area contributed by atoms with Gasteiger partial charge in [-0.25, -0.2) is 9.59 Å². The van der Waals surface area contributed by atoms with Crippen LogP contribution in [0.3, 0.4) is 0 Å². The maximum Gasteiger partial charge on any atom is 0.328 e. The zero-order valence-corrected chi connectivity index (χ0v) is 11.9. The third-order valence-electron chi connectivity index (χ3n) is 2.95. The smallest absolute Gasteiger partial charge is 0.328 e. The van der Waals surface area contributed by atoms with Crippen molar-refractivity contribution < 1.29 is 24.5 Å². The highest BCUT2D eigenvalue weighted by Crippen LogP contribution is 2.05. The number of carboxylic acids is 1. The van der Waals surface area contributed by atoms with Gasteiger partial charge in [-0.15, -0.1) is 0 Å². The molecule has 7 nitrogen and oxygen atoms in total. The Labute approximate surface area is 113 Å². The van der Waals surface area contributed by atoms with Crippen molar-refractivity contribution in [3.8, 4) is 0 Å². The van der Waals surface area contributed by atoms with Gasteiger partial charge < -0.3 is 25.2 Å². The quantitative estimate of drug-likeness (QED) is 0.591. The normalized spacial score (nSPS) is 15.4. The van der Waals surface area contributed by atoms with E-state index in [4.69, 9.17) is 9.84 Å². The molecule has 0 aliphatic carbocycles. The van der Waals surface area contributed by atoms with E-state index in [1.54, 1.807) is 0 Å². The van der Waals surface area contributed by atoms with E-state index in [1.165, 1.54) is 18.9 Å². The average Bonchev–Trinajstić information content (AvgIpc) is 2.35. The van der Waals surface area contributed by atoms with Crippen molar-refractivity contribution in [3.05, 3.63) is 0 Å². The van der Waals surface area contributed by atoms with Crippen molar-refractivity contribution in [2.45, 2.75) is 45.4 Å². The number of urea groups is 1. The number of carbonyl (C=O) groups is 2. The molecule has 0 bridgehead atoms. The molecular weight excluding hydrogens is 252 g/mol. The minimum absolute atomic E-state index is 0.0430. The zero-order valence-electron chi connectivity index (χ0n) is 11.9. The van der Waals surface area contributed by atoms with Gasteiger partial charge in [0.15, 0.2) is 6.04 Å². The predicted molar refractivity (Wildman–Crippen MR) is 70.0 cm³/mol. The topological polar surface area (TPSA) is 99.1 Å². The molecule has 0 rings (SSSR count). The SMILES string of the molecule is CCC(C)N(CCOC)C(=O)NC(C(=O)O)C(C)O. The lowest BCUT2D eigenvalue weighted by Gasteiger charge is -2.30. The van der Waals surface area contributed by atoms with E-state index in [1.807, 2.05) is 13.8 Å². The lowest BCUT2D eigenvalue weighted by molar-refractivity contribution is -0.141. The number of aliphatic hydroxyl groups is 1. The number of rotatable bonds is 8. The molecular formula is C12H24N2O5. The van der Waals surface area contributed by atoms with Crippen molar-refractivity contribution in [1.82, 2.24) is 10.2 Å². The van der Waals surface area contributed by atoms with Crippen LogP contribution in [0.1, 0.15) is 27.2 Å². The van der Waals surface area contributed by atoms with Gasteiger partial charge in [0.25, 0.3) is 0 Å². The summed E-state index contributed by atoms with van der Waals surface area (Å²) in [6, 6.07) is -1.88. The van der Waals surface area contributed by atoms with Crippen LogP contribution in [-0.2, 0) is 9.53 Å². The summed E-state index contributed by atoms with van der Waals surface area (Å²) in [6.07, 6.45) is -0.425. The van der Waals surface area contributed by atoms with E-state index in [0.29, 0.717) is 13.2 Å². The maximum absolute atomic E-state index is 12.1. The number of carbonyl (C=O) groups excluding carboxylic acids is 1. The third-order valence-corrected chi connectivity index (χ3v) is 2.95. The predicted octanol–water partition coefficient (Wildman–Crippen LogP) is 0.277. The zero-order chi connectivity index (χ0) is 15.0. The minimum Gasteiger partial charge on any atom is -0.480 e. The van der Waals surface area contributed by atoms with E-state index in [0.717, 1.165) is 6.42 Å². The lowest BCUT2D eigenvalue weighted by Crippen LogP contribution is -2.54. The van der Waals surface area contributed by atoms with Crippen LogP contribution in [0.25, 0.3) is 0 Å². The average molecular weight is 276 g/mol. The molecule has 3 unspecified atom stereocenters. The van der Waals surface area contributed by atoms with Crippen LogP contribution >= 0.6 is 0 Å². The van der Waals surface area contributed by atoms with Gasteiger partial charge in [-0.05, 0) is 20.3 Å². The number of carboxylic acid groups (broad SMARTS) is 1. The summed E-state index contributed by atoms with van der Waals surface area (Å²) < 4.78 is 4.93. The van der Waals surface area contributed by atoms with Gasteiger partial charge in [-0.3, -0.25) is 0 Å². The summed E-state index contributed by atoms with van der Waals surface area (Å²) in [5.74, 6) is -1.26. The van der Waals surface area contributed by atoms with Crippen molar-refractivity contribution in [2.24, 2.45) is 0 Å². The second-order valence-electron chi connectivity index (χ2n) is 4.45.